The fourth-order valence-electron chi connectivity index (χ4n) is 4.03. The van der Waals surface area contributed by atoms with Crippen LogP contribution < -0.4 is 5.32 Å². The van der Waals surface area contributed by atoms with Gasteiger partial charge in [-0.3, -0.25) is 0 Å². The van der Waals surface area contributed by atoms with Crippen LogP contribution in [-0.4, -0.2) is 12.6 Å². The maximum Gasteiger partial charge on any atom is 0.00984 e. The summed E-state index contributed by atoms with van der Waals surface area (Å²) < 4.78 is 0. The normalized spacial score (nSPS) is 24.0. The maximum atomic E-state index is 3.78. The van der Waals surface area contributed by atoms with Gasteiger partial charge in [-0.05, 0) is 56.6 Å². The molecule has 1 aromatic carbocycles. The molecule has 1 aromatic rings. The molecule has 1 nitrogen and oxygen atoms in total. The molecule has 2 rings (SSSR count). The van der Waals surface area contributed by atoms with E-state index >= 15 is 0 Å². The zero-order chi connectivity index (χ0) is 15.1. The third-order valence-corrected chi connectivity index (χ3v) is 5.26. The highest BCUT2D eigenvalue weighted by atomic mass is 14.9. The van der Waals surface area contributed by atoms with Crippen LogP contribution >= 0.6 is 0 Å². The van der Waals surface area contributed by atoms with Gasteiger partial charge in [0.25, 0.3) is 0 Å². The molecule has 0 amide bonds. The summed E-state index contributed by atoms with van der Waals surface area (Å²) in [6.07, 6.45) is 9.65. The molecular formula is C20H33N. The van der Waals surface area contributed by atoms with Crippen molar-refractivity contribution in [1.82, 2.24) is 5.32 Å². The first-order chi connectivity index (χ1) is 10.2. The molecule has 0 saturated heterocycles. The van der Waals surface area contributed by atoms with Gasteiger partial charge in [0, 0.05) is 6.04 Å². The monoisotopic (exact) mass is 287 g/mol. The van der Waals surface area contributed by atoms with Gasteiger partial charge >= 0.3 is 0 Å². The molecule has 0 radical (unpaired) electrons. The van der Waals surface area contributed by atoms with Crippen molar-refractivity contribution in [3.05, 3.63) is 35.4 Å². The predicted octanol–water partition coefficient (Wildman–Crippen LogP) is 5.12. The molecule has 0 aliphatic heterocycles. The number of aryl methyl sites for hydroxylation is 2. The summed E-state index contributed by atoms with van der Waals surface area (Å²) in [6, 6.07) is 9.73. The Morgan fingerprint density at radius 2 is 2.10 bits per heavy atom. The Morgan fingerprint density at radius 3 is 2.81 bits per heavy atom. The van der Waals surface area contributed by atoms with Crippen LogP contribution in [-0.2, 0) is 6.42 Å². The molecule has 1 heteroatoms. The van der Waals surface area contributed by atoms with Gasteiger partial charge in [-0.15, -0.1) is 0 Å². The van der Waals surface area contributed by atoms with E-state index in [4.69, 9.17) is 0 Å². The second kappa shape index (κ2) is 8.58. The zero-order valence-electron chi connectivity index (χ0n) is 14.2. The van der Waals surface area contributed by atoms with Crippen molar-refractivity contribution in [2.45, 2.75) is 71.8 Å². The Kier molecular flexibility index (Phi) is 6.76. The first-order valence-corrected chi connectivity index (χ1v) is 9.01. The average Bonchev–Trinajstić information content (AvgIpc) is 2.51. The molecule has 0 aromatic heterocycles. The topological polar surface area (TPSA) is 12.0 Å². The third-order valence-electron chi connectivity index (χ3n) is 5.26. The highest BCUT2D eigenvalue weighted by Crippen LogP contribution is 2.34. The minimum Gasteiger partial charge on any atom is -0.314 e. The molecule has 0 spiro atoms. The van der Waals surface area contributed by atoms with E-state index in [-0.39, 0.29) is 0 Å². The Morgan fingerprint density at radius 1 is 1.24 bits per heavy atom. The molecule has 1 N–H and O–H groups in total. The maximum absolute atomic E-state index is 3.78. The molecule has 0 heterocycles. The fourth-order valence-corrected chi connectivity index (χ4v) is 4.03. The van der Waals surface area contributed by atoms with E-state index in [1.165, 1.54) is 56.1 Å². The summed E-state index contributed by atoms with van der Waals surface area (Å²) in [4.78, 5) is 0. The molecule has 21 heavy (non-hydrogen) atoms. The summed E-state index contributed by atoms with van der Waals surface area (Å²) in [5.74, 6) is 1.87. The van der Waals surface area contributed by atoms with Crippen molar-refractivity contribution >= 4 is 0 Å². The van der Waals surface area contributed by atoms with Crippen molar-refractivity contribution in [3.8, 4) is 0 Å². The SMILES string of the molecule is CCNC(CCc1cccc(C)c1)C1CCCC(CC)C1. The van der Waals surface area contributed by atoms with Gasteiger partial charge in [-0.25, -0.2) is 0 Å². The van der Waals surface area contributed by atoms with E-state index in [9.17, 15) is 0 Å². The largest absolute Gasteiger partial charge is 0.314 e. The van der Waals surface area contributed by atoms with E-state index in [0.717, 1.165) is 18.4 Å². The smallest absolute Gasteiger partial charge is 0.00984 e. The van der Waals surface area contributed by atoms with Crippen LogP contribution in [0.5, 0.6) is 0 Å². The number of hydrogen-bond acceptors (Lipinski definition) is 1. The van der Waals surface area contributed by atoms with Crippen molar-refractivity contribution in [2.24, 2.45) is 11.8 Å². The van der Waals surface area contributed by atoms with Crippen LogP contribution in [0, 0.1) is 18.8 Å². The van der Waals surface area contributed by atoms with Crippen LogP contribution in [0.1, 0.15) is 63.5 Å². The van der Waals surface area contributed by atoms with E-state index < -0.39 is 0 Å². The van der Waals surface area contributed by atoms with Gasteiger partial charge in [-0.1, -0.05) is 62.9 Å². The number of benzene rings is 1. The van der Waals surface area contributed by atoms with Crippen molar-refractivity contribution in [3.63, 3.8) is 0 Å². The first-order valence-electron chi connectivity index (χ1n) is 9.01. The van der Waals surface area contributed by atoms with Crippen LogP contribution in [0.25, 0.3) is 0 Å². The molecular weight excluding hydrogens is 254 g/mol. The molecule has 1 aliphatic carbocycles. The molecule has 3 unspecified atom stereocenters. The lowest BCUT2D eigenvalue weighted by Crippen LogP contribution is -2.39. The molecule has 1 aliphatic rings. The van der Waals surface area contributed by atoms with Crippen LogP contribution in [0.3, 0.4) is 0 Å². The third kappa shape index (κ3) is 5.14. The summed E-state index contributed by atoms with van der Waals surface area (Å²) in [6.45, 7) is 7.91. The van der Waals surface area contributed by atoms with Gasteiger partial charge in [0.1, 0.15) is 0 Å². The van der Waals surface area contributed by atoms with E-state index in [0.29, 0.717) is 6.04 Å². The van der Waals surface area contributed by atoms with Crippen LogP contribution in [0.15, 0.2) is 24.3 Å². The highest BCUT2D eigenvalue weighted by molar-refractivity contribution is 5.22. The highest BCUT2D eigenvalue weighted by Gasteiger charge is 2.26. The zero-order valence-corrected chi connectivity index (χ0v) is 14.2. The van der Waals surface area contributed by atoms with E-state index in [1.54, 1.807) is 0 Å². The number of hydrogen-bond donors (Lipinski definition) is 1. The second-order valence-corrected chi connectivity index (χ2v) is 6.89. The lowest BCUT2D eigenvalue weighted by Gasteiger charge is -2.35. The van der Waals surface area contributed by atoms with Gasteiger partial charge in [0.05, 0.1) is 0 Å². The van der Waals surface area contributed by atoms with Gasteiger partial charge < -0.3 is 5.32 Å². The molecule has 1 saturated carbocycles. The lowest BCUT2D eigenvalue weighted by atomic mass is 9.75. The molecule has 118 valence electrons. The van der Waals surface area contributed by atoms with Gasteiger partial charge in [-0.2, -0.15) is 0 Å². The molecule has 3 atom stereocenters. The Bertz CT molecular complexity index is 412. The molecule has 1 fully saturated rings. The Balaban J connectivity index is 1.92. The average molecular weight is 287 g/mol. The first kappa shape index (κ1) is 16.5. The standard InChI is InChI=1S/C20H33N/c1-4-17-9-7-11-19(15-17)20(21-5-2)13-12-18-10-6-8-16(3)14-18/h6,8,10,14,17,19-21H,4-5,7,9,11-13,15H2,1-3H3. The van der Waals surface area contributed by atoms with Gasteiger partial charge in [0.15, 0.2) is 0 Å². The van der Waals surface area contributed by atoms with Crippen LogP contribution in [0.2, 0.25) is 0 Å². The summed E-state index contributed by atoms with van der Waals surface area (Å²) in [7, 11) is 0. The number of rotatable bonds is 7. The van der Waals surface area contributed by atoms with Crippen molar-refractivity contribution in [2.75, 3.05) is 6.54 Å². The summed E-state index contributed by atoms with van der Waals surface area (Å²) in [5.41, 5.74) is 2.89. The minimum absolute atomic E-state index is 0.713. The Hall–Kier alpha value is -0.820. The lowest BCUT2D eigenvalue weighted by molar-refractivity contribution is 0.203. The fraction of sp³-hybridized carbons (Fsp3) is 0.700. The van der Waals surface area contributed by atoms with Crippen molar-refractivity contribution in [1.29, 1.82) is 0 Å². The molecule has 0 bridgehead atoms. The quantitative estimate of drug-likeness (QED) is 0.733. The van der Waals surface area contributed by atoms with E-state index in [2.05, 4.69) is 50.4 Å². The van der Waals surface area contributed by atoms with E-state index in [1.807, 2.05) is 0 Å². The predicted molar refractivity (Wildman–Crippen MR) is 92.7 cm³/mol. The van der Waals surface area contributed by atoms with Crippen molar-refractivity contribution < 1.29 is 0 Å². The number of nitrogens with one attached hydrogen (secondary N) is 1. The minimum atomic E-state index is 0.713. The van der Waals surface area contributed by atoms with Crippen LogP contribution in [0.4, 0.5) is 0 Å². The Labute approximate surface area is 131 Å². The summed E-state index contributed by atoms with van der Waals surface area (Å²) in [5, 5.41) is 3.78. The summed E-state index contributed by atoms with van der Waals surface area (Å²) >= 11 is 0. The van der Waals surface area contributed by atoms with Gasteiger partial charge in [0.2, 0.25) is 0 Å². The second-order valence-electron chi connectivity index (χ2n) is 6.89.